The zero-order chi connectivity index (χ0) is 8.97. The van der Waals surface area contributed by atoms with Crippen molar-refractivity contribution < 1.29 is 14.6 Å². The molecular weight excluding hydrogens is 158 g/mol. The van der Waals surface area contributed by atoms with Gasteiger partial charge >= 0.3 is 0 Å². The van der Waals surface area contributed by atoms with E-state index in [4.69, 9.17) is 9.84 Å². The second kappa shape index (κ2) is 4.42. The Bertz CT molecular complexity index is 160. The first-order chi connectivity index (χ1) is 5.77. The van der Waals surface area contributed by atoms with E-state index in [0.717, 1.165) is 6.42 Å². The lowest BCUT2D eigenvalue weighted by Crippen LogP contribution is -2.32. The van der Waals surface area contributed by atoms with Gasteiger partial charge in [-0.15, -0.1) is 0 Å². The van der Waals surface area contributed by atoms with Crippen molar-refractivity contribution in [2.45, 2.75) is 19.4 Å². The van der Waals surface area contributed by atoms with E-state index in [1.165, 1.54) is 0 Å². The van der Waals surface area contributed by atoms with E-state index in [-0.39, 0.29) is 12.0 Å². The van der Waals surface area contributed by atoms with Crippen molar-refractivity contribution in [1.82, 2.24) is 4.90 Å². The number of amides is 1. The van der Waals surface area contributed by atoms with Crippen LogP contribution in [0.15, 0.2) is 0 Å². The fraction of sp³-hybridized carbons (Fsp3) is 0.875. The van der Waals surface area contributed by atoms with Gasteiger partial charge in [0.1, 0.15) is 6.61 Å². The lowest BCUT2D eigenvalue weighted by molar-refractivity contribution is -0.133. The normalized spacial score (nSPS) is 23.2. The maximum absolute atomic E-state index is 11.0. The summed E-state index contributed by atoms with van der Waals surface area (Å²) < 4.78 is 5.35. The molecule has 0 radical (unpaired) electrons. The average molecular weight is 173 g/mol. The standard InChI is InChI=1S/C8H15NO3/c1-2-12-7-3-4-9(5-7)8(11)6-10/h7,10H,2-6H2,1H3/t7-/m1/s1. The number of aliphatic hydroxyl groups excluding tert-OH is 1. The molecule has 1 rings (SSSR count). The molecule has 1 N–H and O–H groups in total. The Kier molecular flexibility index (Phi) is 3.49. The Morgan fingerprint density at radius 3 is 3.08 bits per heavy atom. The van der Waals surface area contributed by atoms with Gasteiger partial charge in [-0.05, 0) is 13.3 Å². The van der Waals surface area contributed by atoms with Crippen molar-refractivity contribution in [3.05, 3.63) is 0 Å². The van der Waals surface area contributed by atoms with E-state index >= 15 is 0 Å². The average Bonchev–Trinajstić information content (AvgIpc) is 2.52. The van der Waals surface area contributed by atoms with Gasteiger partial charge in [0.15, 0.2) is 0 Å². The number of likely N-dealkylation sites (tertiary alicyclic amines) is 1. The van der Waals surface area contributed by atoms with Gasteiger partial charge in [0, 0.05) is 19.7 Å². The number of carbonyl (C=O) groups is 1. The molecule has 70 valence electrons. The molecule has 1 saturated heterocycles. The first kappa shape index (κ1) is 9.48. The third-order valence-corrected chi connectivity index (χ3v) is 2.04. The lowest BCUT2D eigenvalue weighted by atomic mass is 10.3. The van der Waals surface area contributed by atoms with Gasteiger partial charge in [-0.1, -0.05) is 0 Å². The van der Waals surface area contributed by atoms with E-state index in [2.05, 4.69) is 0 Å². The highest BCUT2D eigenvalue weighted by molar-refractivity contribution is 5.77. The molecule has 1 heterocycles. The van der Waals surface area contributed by atoms with Gasteiger partial charge in [-0.3, -0.25) is 4.79 Å². The summed E-state index contributed by atoms with van der Waals surface area (Å²) in [4.78, 5) is 12.6. The fourth-order valence-electron chi connectivity index (χ4n) is 1.43. The predicted octanol–water partition coefficient (Wildman–Crippen LogP) is -0.384. The molecule has 0 spiro atoms. The van der Waals surface area contributed by atoms with E-state index < -0.39 is 6.61 Å². The third-order valence-electron chi connectivity index (χ3n) is 2.04. The summed E-state index contributed by atoms with van der Waals surface area (Å²) in [5, 5.41) is 8.58. The molecule has 0 aliphatic carbocycles. The van der Waals surface area contributed by atoms with E-state index in [0.29, 0.717) is 19.7 Å². The van der Waals surface area contributed by atoms with Crippen LogP contribution in [0.3, 0.4) is 0 Å². The molecule has 1 atom stereocenters. The number of rotatable bonds is 3. The number of nitrogens with zero attached hydrogens (tertiary/aromatic N) is 1. The molecule has 1 fully saturated rings. The van der Waals surface area contributed by atoms with Crippen molar-refractivity contribution in [2.75, 3.05) is 26.3 Å². The highest BCUT2D eigenvalue weighted by Crippen LogP contribution is 2.12. The first-order valence-corrected chi connectivity index (χ1v) is 4.28. The molecule has 4 nitrogen and oxygen atoms in total. The van der Waals surface area contributed by atoms with Crippen LogP contribution in [0.1, 0.15) is 13.3 Å². The molecule has 0 bridgehead atoms. The lowest BCUT2D eigenvalue weighted by Gasteiger charge is -2.14. The van der Waals surface area contributed by atoms with Gasteiger partial charge in [0.2, 0.25) is 5.91 Å². The van der Waals surface area contributed by atoms with Crippen molar-refractivity contribution >= 4 is 5.91 Å². The predicted molar refractivity (Wildman–Crippen MR) is 43.7 cm³/mol. The molecule has 1 amide bonds. The number of hydrogen-bond acceptors (Lipinski definition) is 3. The van der Waals surface area contributed by atoms with Crippen molar-refractivity contribution in [3.8, 4) is 0 Å². The van der Waals surface area contributed by atoms with Crippen molar-refractivity contribution in [3.63, 3.8) is 0 Å². The second-order valence-corrected chi connectivity index (χ2v) is 2.86. The van der Waals surface area contributed by atoms with Crippen LogP contribution < -0.4 is 0 Å². The fourth-order valence-corrected chi connectivity index (χ4v) is 1.43. The summed E-state index contributed by atoms with van der Waals surface area (Å²) in [6.45, 7) is 3.58. The van der Waals surface area contributed by atoms with E-state index in [1.54, 1.807) is 4.90 Å². The zero-order valence-corrected chi connectivity index (χ0v) is 7.32. The van der Waals surface area contributed by atoms with Crippen LogP contribution in [0, 0.1) is 0 Å². The first-order valence-electron chi connectivity index (χ1n) is 4.28. The van der Waals surface area contributed by atoms with E-state index in [1.807, 2.05) is 6.92 Å². The molecule has 0 unspecified atom stereocenters. The monoisotopic (exact) mass is 173 g/mol. The Morgan fingerprint density at radius 2 is 2.50 bits per heavy atom. The van der Waals surface area contributed by atoms with E-state index in [9.17, 15) is 4.79 Å². The molecule has 0 aromatic carbocycles. The zero-order valence-electron chi connectivity index (χ0n) is 7.32. The number of carbonyl (C=O) groups excluding carboxylic acids is 1. The van der Waals surface area contributed by atoms with Crippen LogP contribution >= 0.6 is 0 Å². The van der Waals surface area contributed by atoms with Gasteiger partial charge in [-0.25, -0.2) is 0 Å². The SMILES string of the molecule is CCO[C@@H]1CCN(C(=O)CO)C1. The molecule has 0 aromatic heterocycles. The minimum Gasteiger partial charge on any atom is -0.387 e. The number of ether oxygens (including phenoxy) is 1. The number of hydrogen-bond donors (Lipinski definition) is 1. The van der Waals surface area contributed by atoms with Gasteiger partial charge in [-0.2, -0.15) is 0 Å². The maximum Gasteiger partial charge on any atom is 0.248 e. The molecule has 1 aliphatic rings. The smallest absolute Gasteiger partial charge is 0.248 e. The summed E-state index contributed by atoms with van der Waals surface area (Å²) in [6, 6.07) is 0. The van der Waals surface area contributed by atoms with Crippen LogP contribution in [0.4, 0.5) is 0 Å². The quantitative estimate of drug-likeness (QED) is 0.632. The van der Waals surface area contributed by atoms with Crippen LogP contribution in [0.5, 0.6) is 0 Å². The van der Waals surface area contributed by atoms with Gasteiger partial charge in [0.05, 0.1) is 6.10 Å². The summed E-state index contributed by atoms with van der Waals surface area (Å²) in [5.74, 6) is -0.197. The Hall–Kier alpha value is -0.610. The van der Waals surface area contributed by atoms with Crippen molar-refractivity contribution in [2.24, 2.45) is 0 Å². The van der Waals surface area contributed by atoms with Crippen molar-refractivity contribution in [1.29, 1.82) is 0 Å². The Balaban J connectivity index is 2.30. The maximum atomic E-state index is 11.0. The summed E-state index contributed by atoms with van der Waals surface area (Å²) in [6.07, 6.45) is 1.06. The summed E-state index contributed by atoms with van der Waals surface area (Å²) in [7, 11) is 0. The highest BCUT2D eigenvalue weighted by Gasteiger charge is 2.25. The van der Waals surface area contributed by atoms with Crippen LogP contribution in [0.2, 0.25) is 0 Å². The Morgan fingerprint density at radius 1 is 1.75 bits per heavy atom. The van der Waals surface area contributed by atoms with Gasteiger partial charge < -0.3 is 14.7 Å². The second-order valence-electron chi connectivity index (χ2n) is 2.86. The van der Waals surface area contributed by atoms with Crippen LogP contribution in [-0.2, 0) is 9.53 Å². The topological polar surface area (TPSA) is 49.8 Å². The third kappa shape index (κ3) is 2.19. The van der Waals surface area contributed by atoms with Crippen LogP contribution in [0.25, 0.3) is 0 Å². The molecule has 0 saturated carbocycles. The van der Waals surface area contributed by atoms with Crippen LogP contribution in [-0.4, -0.2) is 48.3 Å². The molecular formula is C8H15NO3. The molecule has 12 heavy (non-hydrogen) atoms. The van der Waals surface area contributed by atoms with Gasteiger partial charge in [0.25, 0.3) is 0 Å². The molecule has 0 aromatic rings. The minimum atomic E-state index is -0.390. The summed E-state index contributed by atoms with van der Waals surface area (Å²) in [5.41, 5.74) is 0. The Labute approximate surface area is 72.1 Å². The highest BCUT2D eigenvalue weighted by atomic mass is 16.5. The number of aliphatic hydroxyl groups is 1. The minimum absolute atomic E-state index is 0.172. The largest absolute Gasteiger partial charge is 0.387 e. The molecule has 4 heteroatoms. The molecule has 1 aliphatic heterocycles. The summed E-state index contributed by atoms with van der Waals surface area (Å²) >= 11 is 0.